The number of carbonyl (C=O) groups excluding carboxylic acids is 2. The molecular weight excluding hydrogens is 248 g/mol. The lowest BCUT2D eigenvalue weighted by atomic mass is 10.1. The van der Waals surface area contributed by atoms with Gasteiger partial charge in [0.1, 0.15) is 11.6 Å². The van der Waals surface area contributed by atoms with Gasteiger partial charge in [0, 0.05) is 19.1 Å². The van der Waals surface area contributed by atoms with Crippen LogP contribution in [0.2, 0.25) is 0 Å². The minimum Gasteiger partial charge on any atom is -0.468 e. The summed E-state index contributed by atoms with van der Waals surface area (Å²) in [7, 11) is 1.38. The van der Waals surface area contributed by atoms with Gasteiger partial charge >= 0.3 is 12.1 Å². The number of nitrogens with one attached hydrogen (secondary N) is 1. The van der Waals surface area contributed by atoms with Crippen molar-refractivity contribution in [3.05, 3.63) is 0 Å². The number of hydrogen-bond donors (Lipinski definition) is 1. The number of ether oxygens (including phenoxy) is 2. The molecule has 1 saturated heterocycles. The molecule has 0 aromatic carbocycles. The smallest absolute Gasteiger partial charge is 0.410 e. The van der Waals surface area contributed by atoms with Crippen molar-refractivity contribution in [3.63, 3.8) is 0 Å². The lowest BCUT2D eigenvalue weighted by Crippen LogP contribution is -2.63. The third-order valence-electron chi connectivity index (χ3n) is 2.86. The number of hydrogen-bond acceptors (Lipinski definition) is 5. The van der Waals surface area contributed by atoms with Gasteiger partial charge in [0.2, 0.25) is 0 Å². The molecular formula is C13H24N2O4. The molecule has 1 unspecified atom stereocenters. The average Bonchev–Trinajstić information content (AvgIpc) is 2.24. The van der Waals surface area contributed by atoms with Gasteiger partial charge in [-0.2, -0.15) is 0 Å². The Bertz CT molecular complexity index is 332. The van der Waals surface area contributed by atoms with E-state index < -0.39 is 5.60 Å². The molecule has 0 aromatic rings. The van der Waals surface area contributed by atoms with Gasteiger partial charge < -0.3 is 14.4 Å². The van der Waals surface area contributed by atoms with E-state index in [2.05, 4.69) is 5.32 Å². The van der Waals surface area contributed by atoms with Crippen molar-refractivity contribution >= 4 is 12.1 Å². The van der Waals surface area contributed by atoms with Crippen LogP contribution in [0.4, 0.5) is 4.79 Å². The molecule has 1 aliphatic rings. The van der Waals surface area contributed by atoms with Crippen molar-refractivity contribution in [1.82, 2.24) is 10.2 Å². The van der Waals surface area contributed by atoms with Crippen LogP contribution in [0.1, 0.15) is 34.1 Å². The van der Waals surface area contributed by atoms with Crippen LogP contribution in [0.3, 0.4) is 0 Å². The highest BCUT2D eigenvalue weighted by atomic mass is 16.6. The molecule has 0 radical (unpaired) electrons. The second-order valence-electron chi connectivity index (χ2n) is 5.73. The molecule has 0 bridgehead atoms. The van der Waals surface area contributed by atoms with Crippen LogP contribution >= 0.6 is 0 Å². The Balaban J connectivity index is 2.33. The van der Waals surface area contributed by atoms with E-state index in [9.17, 15) is 9.59 Å². The highest BCUT2D eigenvalue weighted by Crippen LogP contribution is 2.15. The Kier molecular flexibility index (Phi) is 5.17. The molecule has 1 atom stereocenters. The van der Waals surface area contributed by atoms with Gasteiger partial charge in [0.25, 0.3) is 0 Å². The quantitative estimate of drug-likeness (QED) is 0.777. The molecule has 6 nitrogen and oxygen atoms in total. The Labute approximate surface area is 114 Å². The molecule has 19 heavy (non-hydrogen) atoms. The maximum absolute atomic E-state index is 11.7. The van der Waals surface area contributed by atoms with Crippen LogP contribution in [0.15, 0.2) is 0 Å². The zero-order valence-electron chi connectivity index (χ0n) is 12.4. The first-order valence-corrected chi connectivity index (χ1v) is 6.58. The summed E-state index contributed by atoms with van der Waals surface area (Å²) in [6.07, 6.45) is 0.354. The van der Waals surface area contributed by atoms with Crippen molar-refractivity contribution in [1.29, 1.82) is 0 Å². The number of amides is 1. The fourth-order valence-electron chi connectivity index (χ4n) is 1.84. The SMILES string of the molecule is CCC(NC1CN(C(=O)OC(C)(C)C)C1)C(=O)OC. The zero-order chi connectivity index (χ0) is 14.6. The van der Waals surface area contributed by atoms with E-state index in [0.29, 0.717) is 19.5 Å². The lowest BCUT2D eigenvalue weighted by Gasteiger charge is -2.41. The van der Waals surface area contributed by atoms with E-state index in [1.165, 1.54) is 7.11 Å². The normalized spacial score (nSPS) is 17.6. The summed E-state index contributed by atoms with van der Waals surface area (Å²) in [6, 6.07) is -0.188. The summed E-state index contributed by atoms with van der Waals surface area (Å²) in [6.45, 7) is 8.55. The first kappa shape index (κ1) is 15.8. The van der Waals surface area contributed by atoms with Gasteiger partial charge in [0.15, 0.2) is 0 Å². The molecule has 1 amide bonds. The van der Waals surface area contributed by atoms with E-state index in [1.54, 1.807) is 4.90 Å². The molecule has 110 valence electrons. The predicted octanol–water partition coefficient (Wildman–Crippen LogP) is 1.15. The second-order valence-corrected chi connectivity index (χ2v) is 5.73. The number of methoxy groups -OCH3 is 1. The van der Waals surface area contributed by atoms with Crippen molar-refractivity contribution in [2.24, 2.45) is 0 Å². The number of carbonyl (C=O) groups is 2. The summed E-state index contributed by atoms with van der Waals surface area (Å²) in [5.74, 6) is -0.266. The third-order valence-corrected chi connectivity index (χ3v) is 2.86. The molecule has 0 aromatic heterocycles. The Morgan fingerprint density at radius 3 is 2.37 bits per heavy atom. The molecule has 1 rings (SSSR count). The van der Waals surface area contributed by atoms with Crippen LogP contribution in [0, 0.1) is 0 Å². The maximum Gasteiger partial charge on any atom is 0.410 e. The molecule has 0 spiro atoms. The van der Waals surface area contributed by atoms with E-state index in [0.717, 1.165) is 0 Å². The highest BCUT2D eigenvalue weighted by Gasteiger charge is 2.35. The average molecular weight is 272 g/mol. The van der Waals surface area contributed by atoms with E-state index in [4.69, 9.17) is 9.47 Å². The van der Waals surface area contributed by atoms with Gasteiger partial charge in [0.05, 0.1) is 7.11 Å². The van der Waals surface area contributed by atoms with Crippen molar-refractivity contribution < 1.29 is 19.1 Å². The van der Waals surface area contributed by atoms with Crippen LogP contribution in [-0.2, 0) is 14.3 Å². The van der Waals surface area contributed by atoms with Crippen LogP contribution < -0.4 is 5.32 Å². The topological polar surface area (TPSA) is 67.9 Å². The summed E-state index contributed by atoms with van der Waals surface area (Å²) >= 11 is 0. The number of nitrogens with zero attached hydrogens (tertiary/aromatic N) is 1. The Hall–Kier alpha value is -1.30. The summed E-state index contributed by atoms with van der Waals surface area (Å²) in [4.78, 5) is 24.8. The fraction of sp³-hybridized carbons (Fsp3) is 0.846. The van der Waals surface area contributed by atoms with Crippen molar-refractivity contribution in [3.8, 4) is 0 Å². The lowest BCUT2D eigenvalue weighted by molar-refractivity contribution is -0.143. The fourth-order valence-corrected chi connectivity index (χ4v) is 1.84. The molecule has 1 aliphatic heterocycles. The third kappa shape index (κ3) is 4.70. The van der Waals surface area contributed by atoms with E-state index in [-0.39, 0.29) is 24.1 Å². The van der Waals surface area contributed by atoms with Gasteiger partial charge in [-0.3, -0.25) is 10.1 Å². The van der Waals surface area contributed by atoms with Crippen molar-refractivity contribution in [2.45, 2.75) is 51.8 Å². The summed E-state index contributed by atoms with van der Waals surface area (Å²) in [5.41, 5.74) is -0.479. The molecule has 6 heteroatoms. The number of rotatable bonds is 4. The monoisotopic (exact) mass is 272 g/mol. The first-order valence-electron chi connectivity index (χ1n) is 6.58. The van der Waals surface area contributed by atoms with Crippen LogP contribution in [-0.4, -0.2) is 54.8 Å². The van der Waals surface area contributed by atoms with E-state index in [1.807, 2.05) is 27.7 Å². The van der Waals surface area contributed by atoms with Gasteiger partial charge in [-0.05, 0) is 27.2 Å². The minimum absolute atomic E-state index is 0.122. The summed E-state index contributed by atoms with van der Waals surface area (Å²) in [5, 5.41) is 3.18. The molecule has 0 aliphatic carbocycles. The largest absolute Gasteiger partial charge is 0.468 e. The molecule has 0 saturated carbocycles. The Morgan fingerprint density at radius 2 is 1.95 bits per heavy atom. The zero-order valence-corrected chi connectivity index (χ0v) is 12.4. The second kappa shape index (κ2) is 6.23. The van der Waals surface area contributed by atoms with Crippen LogP contribution in [0.25, 0.3) is 0 Å². The standard InChI is InChI=1S/C13H24N2O4/c1-6-10(11(16)18-5)14-9-7-15(8-9)12(17)19-13(2,3)4/h9-10,14H,6-8H2,1-5H3. The molecule has 1 fully saturated rings. The van der Waals surface area contributed by atoms with E-state index >= 15 is 0 Å². The number of esters is 1. The minimum atomic E-state index is -0.479. The first-order chi connectivity index (χ1) is 8.76. The van der Waals surface area contributed by atoms with Gasteiger partial charge in [-0.15, -0.1) is 0 Å². The predicted molar refractivity (Wildman–Crippen MR) is 70.8 cm³/mol. The maximum atomic E-state index is 11.7. The highest BCUT2D eigenvalue weighted by molar-refractivity contribution is 5.75. The number of likely N-dealkylation sites (tertiary alicyclic amines) is 1. The van der Waals surface area contributed by atoms with Gasteiger partial charge in [-0.25, -0.2) is 4.79 Å². The molecule has 1 heterocycles. The summed E-state index contributed by atoms with van der Waals surface area (Å²) < 4.78 is 9.96. The van der Waals surface area contributed by atoms with Gasteiger partial charge in [-0.1, -0.05) is 6.92 Å². The Morgan fingerprint density at radius 1 is 1.37 bits per heavy atom. The van der Waals surface area contributed by atoms with Crippen LogP contribution in [0.5, 0.6) is 0 Å². The molecule has 1 N–H and O–H groups in total. The van der Waals surface area contributed by atoms with Crippen molar-refractivity contribution in [2.75, 3.05) is 20.2 Å².